The van der Waals surface area contributed by atoms with Gasteiger partial charge in [-0.2, -0.15) is 0 Å². The molecule has 0 aliphatic heterocycles. The maximum Gasteiger partial charge on any atom is 0.188 e. The summed E-state index contributed by atoms with van der Waals surface area (Å²) in [7, 11) is 1.58. The van der Waals surface area contributed by atoms with E-state index in [2.05, 4.69) is 0 Å². The fraction of sp³-hybridized carbons (Fsp3) is 0.273. The van der Waals surface area contributed by atoms with E-state index in [4.69, 9.17) is 19.6 Å². The molecular formula is C11H13NO3. The van der Waals surface area contributed by atoms with Crippen LogP contribution in [0.5, 0.6) is 5.75 Å². The summed E-state index contributed by atoms with van der Waals surface area (Å²) in [6, 6.07) is 7.61. The molecule has 0 amide bonds. The number of fused-ring (bicyclic) bond motifs is 1. The number of hydrogen-bond donors (Lipinski definition) is 1. The highest BCUT2D eigenvalue weighted by atomic mass is 16.7. The minimum atomic E-state index is 0.206. The summed E-state index contributed by atoms with van der Waals surface area (Å²) in [4.78, 5) is 0. The first-order chi connectivity index (χ1) is 7.35. The third-order valence-electron chi connectivity index (χ3n) is 2.09. The van der Waals surface area contributed by atoms with Crippen molar-refractivity contribution in [2.24, 2.45) is 5.73 Å². The summed E-state index contributed by atoms with van der Waals surface area (Å²) < 4.78 is 15.7. The molecule has 0 radical (unpaired) electrons. The Balaban J connectivity index is 2.40. The number of methoxy groups -OCH3 is 1. The molecule has 0 spiro atoms. The second kappa shape index (κ2) is 4.33. The van der Waals surface area contributed by atoms with E-state index in [0.717, 1.165) is 16.7 Å². The number of para-hydroxylation sites is 1. The normalized spacial score (nSPS) is 10.8. The maximum absolute atomic E-state index is 5.54. The summed E-state index contributed by atoms with van der Waals surface area (Å²) >= 11 is 0. The van der Waals surface area contributed by atoms with Crippen LogP contribution in [-0.4, -0.2) is 13.9 Å². The topological polar surface area (TPSA) is 57.6 Å². The lowest BCUT2D eigenvalue weighted by Gasteiger charge is -2.04. The van der Waals surface area contributed by atoms with E-state index in [1.807, 2.05) is 24.3 Å². The predicted octanol–water partition coefficient (Wildman–Crippen LogP) is 1.87. The van der Waals surface area contributed by atoms with Crippen LogP contribution in [0.15, 0.2) is 28.7 Å². The van der Waals surface area contributed by atoms with Crippen molar-refractivity contribution in [3.63, 3.8) is 0 Å². The highest BCUT2D eigenvalue weighted by Crippen LogP contribution is 2.28. The number of nitrogens with two attached hydrogens (primary N) is 1. The van der Waals surface area contributed by atoms with Gasteiger partial charge in [0.15, 0.2) is 18.1 Å². The highest BCUT2D eigenvalue weighted by molar-refractivity contribution is 5.83. The monoisotopic (exact) mass is 207 g/mol. The fourth-order valence-corrected chi connectivity index (χ4v) is 1.43. The minimum absolute atomic E-state index is 0.206. The van der Waals surface area contributed by atoms with E-state index in [1.54, 1.807) is 7.11 Å². The molecule has 2 rings (SSSR count). The Kier molecular flexibility index (Phi) is 2.89. The highest BCUT2D eigenvalue weighted by Gasteiger charge is 2.07. The van der Waals surface area contributed by atoms with Crippen LogP contribution in [0.3, 0.4) is 0 Å². The number of rotatable bonds is 4. The van der Waals surface area contributed by atoms with Crippen molar-refractivity contribution < 1.29 is 13.9 Å². The average Bonchev–Trinajstić information content (AvgIpc) is 2.69. The number of benzene rings is 1. The third kappa shape index (κ3) is 1.95. The van der Waals surface area contributed by atoms with E-state index in [-0.39, 0.29) is 6.79 Å². The summed E-state index contributed by atoms with van der Waals surface area (Å²) in [5.74, 6) is 1.42. The Morgan fingerprint density at radius 2 is 2.27 bits per heavy atom. The molecule has 0 aliphatic carbocycles. The van der Waals surface area contributed by atoms with Gasteiger partial charge in [0.2, 0.25) is 0 Å². The van der Waals surface area contributed by atoms with Crippen molar-refractivity contribution in [1.82, 2.24) is 0 Å². The van der Waals surface area contributed by atoms with E-state index in [9.17, 15) is 0 Å². The Morgan fingerprint density at radius 1 is 1.40 bits per heavy atom. The molecule has 4 heteroatoms. The lowest BCUT2D eigenvalue weighted by atomic mass is 10.2. The number of ether oxygens (including phenoxy) is 2. The van der Waals surface area contributed by atoms with Crippen LogP contribution in [-0.2, 0) is 11.3 Å². The molecular weight excluding hydrogens is 194 g/mol. The van der Waals surface area contributed by atoms with Crippen LogP contribution in [0.1, 0.15) is 5.76 Å². The van der Waals surface area contributed by atoms with Crippen LogP contribution >= 0.6 is 0 Å². The third-order valence-corrected chi connectivity index (χ3v) is 2.09. The molecule has 2 N–H and O–H groups in total. The number of hydrogen-bond acceptors (Lipinski definition) is 4. The summed E-state index contributed by atoms with van der Waals surface area (Å²) in [5.41, 5.74) is 6.22. The molecule has 2 aromatic rings. The lowest BCUT2D eigenvalue weighted by Crippen LogP contribution is -1.98. The van der Waals surface area contributed by atoms with Crippen molar-refractivity contribution >= 4 is 11.0 Å². The van der Waals surface area contributed by atoms with Gasteiger partial charge in [0, 0.05) is 12.5 Å². The first kappa shape index (κ1) is 10.0. The Labute approximate surface area is 87.6 Å². The molecule has 0 fully saturated rings. The molecule has 80 valence electrons. The largest absolute Gasteiger partial charge is 0.464 e. The Morgan fingerprint density at radius 3 is 3.00 bits per heavy atom. The second-order valence-electron chi connectivity index (χ2n) is 3.14. The molecule has 0 aliphatic rings. The van der Waals surface area contributed by atoms with Gasteiger partial charge in [0.05, 0.1) is 6.54 Å². The van der Waals surface area contributed by atoms with E-state index < -0.39 is 0 Å². The SMILES string of the molecule is COCOc1cccc2cc(CN)oc12. The van der Waals surface area contributed by atoms with Gasteiger partial charge in [-0.3, -0.25) is 0 Å². The Bertz CT molecular complexity index is 450. The summed E-state index contributed by atoms with van der Waals surface area (Å²) in [5, 5.41) is 0.990. The molecule has 1 aromatic heterocycles. The number of furan rings is 1. The van der Waals surface area contributed by atoms with E-state index in [1.165, 1.54) is 0 Å². The van der Waals surface area contributed by atoms with Gasteiger partial charge in [0.25, 0.3) is 0 Å². The van der Waals surface area contributed by atoms with Crippen LogP contribution in [0, 0.1) is 0 Å². The van der Waals surface area contributed by atoms with Crippen LogP contribution in [0.2, 0.25) is 0 Å². The van der Waals surface area contributed by atoms with E-state index >= 15 is 0 Å². The van der Waals surface area contributed by atoms with Crippen LogP contribution < -0.4 is 10.5 Å². The molecule has 0 unspecified atom stereocenters. The summed E-state index contributed by atoms with van der Waals surface area (Å²) in [6.45, 7) is 0.593. The zero-order valence-electron chi connectivity index (χ0n) is 8.53. The summed E-state index contributed by atoms with van der Waals surface area (Å²) in [6.07, 6.45) is 0. The second-order valence-corrected chi connectivity index (χ2v) is 3.14. The quantitative estimate of drug-likeness (QED) is 0.777. The molecule has 0 saturated heterocycles. The molecule has 15 heavy (non-hydrogen) atoms. The van der Waals surface area contributed by atoms with E-state index in [0.29, 0.717) is 12.3 Å². The smallest absolute Gasteiger partial charge is 0.188 e. The molecule has 0 saturated carbocycles. The van der Waals surface area contributed by atoms with Gasteiger partial charge in [-0.15, -0.1) is 0 Å². The zero-order chi connectivity index (χ0) is 10.7. The lowest BCUT2D eigenvalue weighted by molar-refractivity contribution is 0.0515. The van der Waals surface area contributed by atoms with Gasteiger partial charge in [-0.1, -0.05) is 12.1 Å². The first-order valence-electron chi connectivity index (χ1n) is 4.68. The average molecular weight is 207 g/mol. The predicted molar refractivity (Wildman–Crippen MR) is 56.6 cm³/mol. The van der Waals surface area contributed by atoms with Crippen molar-refractivity contribution in [2.75, 3.05) is 13.9 Å². The molecule has 4 nitrogen and oxygen atoms in total. The first-order valence-corrected chi connectivity index (χ1v) is 4.68. The van der Waals surface area contributed by atoms with Gasteiger partial charge >= 0.3 is 0 Å². The Hall–Kier alpha value is -1.52. The zero-order valence-corrected chi connectivity index (χ0v) is 8.53. The van der Waals surface area contributed by atoms with Crippen molar-refractivity contribution in [3.8, 4) is 5.75 Å². The van der Waals surface area contributed by atoms with Crippen LogP contribution in [0.4, 0.5) is 0 Å². The van der Waals surface area contributed by atoms with Crippen LogP contribution in [0.25, 0.3) is 11.0 Å². The standard InChI is InChI=1S/C11H13NO3/c1-13-7-14-10-4-2-3-8-5-9(6-12)15-11(8)10/h2-5H,6-7,12H2,1H3. The van der Waals surface area contributed by atoms with Gasteiger partial charge in [-0.25, -0.2) is 0 Å². The molecule has 0 bridgehead atoms. The van der Waals surface area contributed by atoms with Gasteiger partial charge < -0.3 is 19.6 Å². The fourth-order valence-electron chi connectivity index (χ4n) is 1.43. The van der Waals surface area contributed by atoms with Crippen molar-refractivity contribution in [1.29, 1.82) is 0 Å². The molecule has 0 atom stereocenters. The van der Waals surface area contributed by atoms with Crippen molar-refractivity contribution in [2.45, 2.75) is 6.54 Å². The van der Waals surface area contributed by atoms with Gasteiger partial charge in [-0.05, 0) is 12.1 Å². The minimum Gasteiger partial charge on any atom is -0.464 e. The molecule has 1 aromatic carbocycles. The van der Waals surface area contributed by atoms with Gasteiger partial charge in [0.1, 0.15) is 5.76 Å². The maximum atomic E-state index is 5.54. The molecule has 1 heterocycles. The van der Waals surface area contributed by atoms with Crippen molar-refractivity contribution in [3.05, 3.63) is 30.0 Å².